The summed E-state index contributed by atoms with van der Waals surface area (Å²) in [7, 11) is 0. The number of anilines is 2. The number of carbonyl (C=O) groups excluding carboxylic acids is 2. The molecule has 0 atom stereocenters. The number of aliphatic imine (C=N–C) groups is 1. The van der Waals surface area contributed by atoms with Crippen molar-refractivity contribution in [3.8, 4) is 0 Å². The van der Waals surface area contributed by atoms with Gasteiger partial charge in [-0.2, -0.15) is 0 Å². The minimum absolute atomic E-state index is 0.187. The van der Waals surface area contributed by atoms with Gasteiger partial charge in [-0.15, -0.1) is 0 Å². The lowest BCUT2D eigenvalue weighted by molar-refractivity contribution is -0.110. The number of benzene rings is 3. The molecule has 5 nitrogen and oxygen atoms in total. The van der Waals surface area contributed by atoms with E-state index in [0.29, 0.717) is 17.0 Å². The molecular weight excluding hydrogens is 350 g/mol. The standard InChI is InChI=1S/C23H19N3O2/c1-14-6-3-4-9-19(14)25-22(27)16-10-12-17(13-11-16)24-21-18-8-5-7-15(2)20(18)26-23(21)28/h3-13H,1-2H3,(H,25,27)(H,24,26,28). The molecule has 1 heterocycles. The molecule has 0 unspecified atom stereocenters. The summed E-state index contributed by atoms with van der Waals surface area (Å²) in [6, 6.07) is 20.2. The van der Waals surface area contributed by atoms with E-state index in [9.17, 15) is 9.59 Å². The molecule has 0 aromatic heterocycles. The molecule has 1 aliphatic heterocycles. The lowest BCUT2D eigenvalue weighted by Crippen LogP contribution is -2.14. The van der Waals surface area contributed by atoms with Gasteiger partial charge in [0.2, 0.25) is 0 Å². The summed E-state index contributed by atoms with van der Waals surface area (Å²) in [5.74, 6) is -0.404. The van der Waals surface area contributed by atoms with Gasteiger partial charge in [-0.3, -0.25) is 9.59 Å². The van der Waals surface area contributed by atoms with Gasteiger partial charge in [0.15, 0.2) is 0 Å². The largest absolute Gasteiger partial charge is 0.322 e. The second-order valence-corrected chi connectivity index (χ2v) is 6.73. The smallest absolute Gasteiger partial charge is 0.275 e. The fourth-order valence-corrected chi connectivity index (χ4v) is 3.16. The van der Waals surface area contributed by atoms with Crippen molar-refractivity contribution < 1.29 is 9.59 Å². The van der Waals surface area contributed by atoms with Crippen LogP contribution in [0.1, 0.15) is 27.0 Å². The van der Waals surface area contributed by atoms with Gasteiger partial charge in [0.05, 0.1) is 11.4 Å². The summed E-state index contributed by atoms with van der Waals surface area (Å²) in [5, 5.41) is 5.77. The highest BCUT2D eigenvalue weighted by Gasteiger charge is 2.26. The van der Waals surface area contributed by atoms with Crippen molar-refractivity contribution in [1.82, 2.24) is 0 Å². The Morgan fingerprint density at radius 3 is 2.36 bits per heavy atom. The first-order valence-corrected chi connectivity index (χ1v) is 9.00. The number of para-hydroxylation sites is 2. The predicted molar refractivity (Wildman–Crippen MR) is 112 cm³/mol. The number of aryl methyl sites for hydroxylation is 2. The third-order valence-electron chi connectivity index (χ3n) is 4.75. The molecule has 0 saturated heterocycles. The topological polar surface area (TPSA) is 70.6 Å². The number of rotatable bonds is 3. The van der Waals surface area contributed by atoms with Crippen LogP contribution in [0.3, 0.4) is 0 Å². The van der Waals surface area contributed by atoms with Crippen molar-refractivity contribution in [3.05, 3.63) is 89.0 Å². The SMILES string of the molecule is Cc1ccccc1NC(=O)c1ccc(N=C2C(=O)Nc3c(C)cccc32)cc1. The van der Waals surface area contributed by atoms with Crippen LogP contribution in [0.25, 0.3) is 0 Å². The van der Waals surface area contributed by atoms with E-state index in [-0.39, 0.29) is 11.8 Å². The summed E-state index contributed by atoms with van der Waals surface area (Å²) in [6.45, 7) is 3.89. The zero-order valence-corrected chi connectivity index (χ0v) is 15.6. The minimum Gasteiger partial charge on any atom is -0.322 e. The van der Waals surface area contributed by atoms with Crippen molar-refractivity contribution in [1.29, 1.82) is 0 Å². The summed E-state index contributed by atoms with van der Waals surface area (Å²) in [4.78, 5) is 29.2. The first-order chi connectivity index (χ1) is 13.5. The quantitative estimate of drug-likeness (QED) is 0.707. The average Bonchev–Trinajstić information content (AvgIpc) is 3.01. The second kappa shape index (κ2) is 7.12. The van der Waals surface area contributed by atoms with Crippen molar-refractivity contribution in [2.24, 2.45) is 4.99 Å². The molecule has 2 amide bonds. The van der Waals surface area contributed by atoms with Crippen LogP contribution in [-0.2, 0) is 4.79 Å². The Balaban J connectivity index is 1.57. The van der Waals surface area contributed by atoms with Crippen LogP contribution in [0, 0.1) is 13.8 Å². The molecule has 0 saturated carbocycles. The van der Waals surface area contributed by atoms with Crippen LogP contribution in [0.4, 0.5) is 17.1 Å². The van der Waals surface area contributed by atoms with Gasteiger partial charge in [0.1, 0.15) is 5.71 Å². The maximum Gasteiger partial charge on any atom is 0.275 e. The molecule has 0 bridgehead atoms. The predicted octanol–water partition coefficient (Wildman–Crippen LogP) is 4.63. The molecule has 3 aromatic rings. The van der Waals surface area contributed by atoms with E-state index in [0.717, 1.165) is 28.1 Å². The molecule has 3 aromatic carbocycles. The first kappa shape index (κ1) is 17.7. The highest BCUT2D eigenvalue weighted by molar-refractivity contribution is 6.54. The van der Waals surface area contributed by atoms with Crippen molar-refractivity contribution >= 4 is 34.6 Å². The van der Waals surface area contributed by atoms with Crippen molar-refractivity contribution in [2.45, 2.75) is 13.8 Å². The fraction of sp³-hybridized carbons (Fsp3) is 0.0870. The summed E-state index contributed by atoms with van der Waals surface area (Å²) in [5.41, 5.74) is 5.92. The Labute approximate surface area is 163 Å². The van der Waals surface area contributed by atoms with Gasteiger partial charge in [-0.05, 0) is 55.3 Å². The first-order valence-electron chi connectivity index (χ1n) is 9.00. The number of nitrogens with one attached hydrogen (secondary N) is 2. The number of nitrogens with zero attached hydrogens (tertiary/aromatic N) is 1. The van der Waals surface area contributed by atoms with Crippen LogP contribution in [0.2, 0.25) is 0 Å². The molecule has 0 aliphatic carbocycles. The zero-order chi connectivity index (χ0) is 19.7. The summed E-state index contributed by atoms with van der Waals surface area (Å²) >= 11 is 0. The molecule has 138 valence electrons. The number of hydrogen-bond acceptors (Lipinski definition) is 3. The fourth-order valence-electron chi connectivity index (χ4n) is 3.16. The van der Waals surface area contributed by atoms with E-state index in [4.69, 9.17) is 0 Å². The molecule has 28 heavy (non-hydrogen) atoms. The van der Waals surface area contributed by atoms with Crippen LogP contribution in [-0.4, -0.2) is 17.5 Å². The molecule has 0 fully saturated rings. The number of carbonyl (C=O) groups is 2. The molecule has 0 radical (unpaired) electrons. The molecular formula is C23H19N3O2. The third kappa shape index (κ3) is 3.30. The van der Waals surface area contributed by atoms with Crippen molar-refractivity contribution in [3.63, 3.8) is 0 Å². The molecule has 2 N–H and O–H groups in total. The maximum atomic E-state index is 12.5. The van der Waals surface area contributed by atoms with E-state index in [1.807, 2.05) is 56.3 Å². The van der Waals surface area contributed by atoms with Gasteiger partial charge >= 0.3 is 0 Å². The van der Waals surface area contributed by atoms with Crippen LogP contribution in [0.5, 0.6) is 0 Å². The normalized spacial score (nSPS) is 13.9. The Bertz CT molecular complexity index is 1110. The van der Waals surface area contributed by atoms with E-state index < -0.39 is 0 Å². The van der Waals surface area contributed by atoms with Gasteiger partial charge in [-0.1, -0.05) is 36.4 Å². The Kier molecular flexibility index (Phi) is 4.49. The van der Waals surface area contributed by atoms with Gasteiger partial charge < -0.3 is 10.6 Å². The van der Waals surface area contributed by atoms with E-state index in [1.54, 1.807) is 24.3 Å². The van der Waals surface area contributed by atoms with Gasteiger partial charge in [0.25, 0.3) is 11.8 Å². The summed E-state index contributed by atoms with van der Waals surface area (Å²) in [6.07, 6.45) is 0. The molecule has 1 aliphatic rings. The third-order valence-corrected chi connectivity index (χ3v) is 4.75. The second-order valence-electron chi connectivity index (χ2n) is 6.73. The van der Waals surface area contributed by atoms with E-state index >= 15 is 0 Å². The lowest BCUT2D eigenvalue weighted by atomic mass is 10.1. The maximum absolute atomic E-state index is 12.5. The number of amides is 2. The summed E-state index contributed by atoms with van der Waals surface area (Å²) < 4.78 is 0. The Morgan fingerprint density at radius 1 is 0.893 bits per heavy atom. The Hall–Kier alpha value is -3.73. The average molecular weight is 369 g/mol. The van der Waals surface area contributed by atoms with Gasteiger partial charge in [0, 0.05) is 16.8 Å². The highest BCUT2D eigenvalue weighted by atomic mass is 16.2. The van der Waals surface area contributed by atoms with Crippen molar-refractivity contribution in [2.75, 3.05) is 10.6 Å². The van der Waals surface area contributed by atoms with Crippen LogP contribution >= 0.6 is 0 Å². The van der Waals surface area contributed by atoms with Crippen LogP contribution in [0.15, 0.2) is 71.7 Å². The lowest BCUT2D eigenvalue weighted by Gasteiger charge is -2.08. The van der Waals surface area contributed by atoms with Crippen LogP contribution < -0.4 is 10.6 Å². The number of hydrogen-bond donors (Lipinski definition) is 2. The minimum atomic E-state index is -0.217. The monoisotopic (exact) mass is 369 g/mol. The molecule has 5 heteroatoms. The number of fused-ring (bicyclic) bond motifs is 1. The van der Waals surface area contributed by atoms with E-state index in [1.165, 1.54) is 0 Å². The zero-order valence-electron chi connectivity index (χ0n) is 15.6. The highest BCUT2D eigenvalue weighted by Crippen LogP contribution is 2.28. The van der Waals surface area contributed by atoms with Gasteiger partial charge in [-0.25, -0.2) is 4.99 Å². The van der Waals surface area contributed by atoms with E-state index in [2.05, 4.69) is 15.6 Å². The Morgan fingerprint density at radius 2 is 1.61 bits per heavy atom. The molecule has 4 rings (SSSR count). The molecule has 0 spiro atoms.